The predicted molar refractivity (Wildman–Crippen MR) is 225 cm³/mol. The summed E-state index contributed by atoms with van der Waals surface area (Å²) >= 11 is 3.22. The van der Waals surface area contributed by atoms with E-state index in [0.717, 1.165) is 38.1 Å². The minimum Gasteiger partial charge on any atom is -0.493 e. The Labute approximate surface area is 344 Å². The fourth-order valence-corrected chi connectivity index (χ4v) is 9.85. The van der Waals surface area contributed by atoms with Gasteiger partial charge in [-0.2, -0.15) is 0 Å². The first-order valence-electron chi connectivity index (χ1n) is 18.9. The van der Waals surface area contributed by atoms with E-state index < -0.39 is 20.0 Å². The van der Waals surface area contributed by atoms with Crippen molar-refractivity contribution >= 4 is 47.4 Å². The Kier molecular flexibility index (Phi) is 13.2. The highest BCUT2D eigenvalue weighted by Crippen LogP contribution is 2.63. The Morgan fingerprint density at radius 1 is 0.684 bits per heavy atom. The fraction of sp³-hybridized carbons (Fsp3) is 0.429. The molecule has 57 heavy (non-hydrogen) atoms. The molecular formula is C42H51BrF2N4O6S2. The third-order valence-corrected chi connectivity index (χ3v) is 13.2. The lowest BCUT2D eigenvalue weighted by Gasteiger charge is -2.24. The van der Waals surface area contributed by atoms with Gasteiger partial charge >= 0.3 is 0 Å². The molecule has 15 heteroatoms. The minimum atomic E-state index is -3.27. The van der Waals surface area contributed by atoms with Crippen molar-refractivity contribution in [1.82, 2.24) is 10.2 Å². The second-order valence-corrected chi connectivity index (χ2v) is 19.9. The summed E-state index contributed by atoms with van der Waals surface area (Å²) in [5.74, 6) is 3.44. The number of benzene rings is 4. The molecule has 4 aromatic carbocycles. The van der Waals surface area contributed by atoms with Gasteiger partial charge in [0.15, 0.2) is 0 Å². The number of piperidine rings is 2. The fourth-order valence-electron chi connectivity index (χ4n) is 8.58. The number of nitrogens with one attached hydrogen (secondary N) is 3. The highest BCUT2D eigenvalue weighted by molar-refractivity contribution is 9.09. The van der Waals surface area contributed by atoms with Crippen molar-refractivity contribution in [3.05, 3.63) is 120 Å². The van der Waals surface area contributed by atoms with Gasteiger partial charge in [0.1, 0.15) is 29.7 Å². The molecule has 4 atom stereocenters. The van der Waals surface area contributed by atoms with Gasteiger partial charge in [-0.25, -0.2) is 25.6 Å². The third-order valence-electron chi connectivity index (χ3n) is 11.7. The normalized spacial score (nSPS) is 25.7. The molecule has 4 fully saturated rings. The Bertz CT molecular complexity index is 2190. The molecule has 4 unspecified atom stereocenters. The molecule has 2 heterocycles. The SMILES string of the molecule is CC1(c2cccc(NS(C)(=O)=O)c2)C2CN(CCOc3ccc(F)cc3)CC21.CC1(c2cccc(NS(C)(=O)=O)c2)C2CNCC21.Fc1ccc(OCCBr)cc1. The van der Waals surface area contributed by atoms with E-state index in [2.05, 4.69) is 61.6 Å². The topological polar surface area (TPSA) is 126 Å². The lowest BCUT2D eigenvalue weighted by Crippen LogP contribution is -2.32. The largest absolute Gasteiger partial charge is 0.493 e. The number of likely N-dealkylation sites (tertiary alicyclic amines) is 1. The first kappa shape index (κ1) is 42.8. The quantitative estimate of drug-likeness (QED) is 0.125. The molecule has 2 saturated heterocycles. The third kappa shape index (κ3) is 10.8. The number of alkyl halides is 1. The van der Waals surface area contributed by atoms with E-state index in [-0.39, 0.29) is 22.5 Å². The Morgan fingerprint density at radius 2 is 1.11 bits per heavy atom. The van der Waals surface area contributed by atoms with E-state index >= 15 is 0 Å². The van der Waals surface area contributed by atoms with Crippen molar-refractivity contribution in [1.29, 1.82) is 0 Å². The van der Waals surface area contributed by atoms with Gasteiger partial charge in [-0.1, -0.05) is 54.0 Å². The standard InChI is InChI=1S/C21H25FN2O3S.C13H18N2O2S.C8H8BrFO/c1-21(15-4-3-5-17(12-15)23-28(2,25)26)19-13-24(14-20(19)21)10-11-27-18-8-6-16(22)7-9-18;1-13(11-7-14-8-12(11)13)9-4-3-5-10(6-9)15-18(2,16)17;9-5-6-11-8-3-1-7(10)2-4-8/h3-9,12,19-20,23H,10-11,13-14H2,1-2H3;3-6,11-12,14-15H,7-8H2,1-2H3;1-4H,5-6H2. The summed E-state index contributed by atoms with van der Waals surface area (Å²) in [6, 6.07) is 27.6. The molecule has 0 spiro atoms. The maximum absolute atomic E-state index is 12.9. The van der Waals surface area contributed by atoms with Crippen LogP contribution in [0.1, 0.15) is 25.0 Å². The molecule has 2 saturated carbocycles. The average Bonchev–Trinajstić information content (AvgIpc) is 3.61. The lowest BCUT2D eigenvalue weighted by molar-refractivity contribution is 0.212. The van der Waals surface area contributed by atoms with Crippen LogP contribution in [0.25, 0.3) is 0 Å². The molecule has 0 aromatic heterocycles. The summed E-state index contributed by atoms with van der Waals surface area (Å²) in [7, 11) is -6.47. The number of hydrogen-bond donors (Lipinski definition) is 3. The van der Waals surface area contributed by atoms with Crippen LogP contribution in [0.2, 0.25) is 0 Å². The maximum atomic E-state index is 12.9. The number of rotatable bonds is 13. The zero-order chi connectivity index (χ0) is 41.0. The van der Waals surface area contributed by atoms with Crippen LogP contribution in [0.4, 0.5) is 20.2 Å². The summed E-state index contributed by atoms with van der Waals surface area (Å²) in [4.78, 5) is 2.40. The number of anilines is 2. The molecule has 0 amide bonds. The van der Waals surface area contributed by atoms with E-state index in [0.29, 0.717) is 59.8 Å². The van der Waals surface area contributed by atoms with Crippen LogP contribution in [-0.2, 0) is 30.9 Å². The van der Waals surface area contributed by atoms with Gasteiger partial charge in [0.25, 0.3) is 0 Å². The summed E-state index contributed by atoms with van der Waals surface area (Å²) < 4.78 is 86.8. The molecule has 8 rings (SSSR count). The molecule has 2 aliphatic heterocycles. The Hall–Kier alpha value is -3.76. The van der Waals surface area contributed by atoms with Crippen molar-refractivity contribution in [2.24, 2.45) is 23.7 Å². The van der Waals surface area contributed by atoms with E-state index in [9.17, 15) is 25.6 Å². The van der Waals surface area contributed by atoms with Crippen LogP contribution < -0.4 is 24.2 Å². The molecule has 4 aliphatic rings. The first-order chi connectivity index (χ1) is 27.0. The van der Waals surface area contributed by atoms with E-state index in [1.54, 1.807) is 36.4 Å². The van der Waals surface area contributed by atoms with Gasteiger partial charge in [0.05, 0.1) is 19.1 Å². The lowest BCUT2D eigenvalue weighted by atomic mass is 9.92. The number of fused-ring (bicyclic) bond motifs is 2. The number of halogens is 3. The van der Waals surface area contributed by atoms with Crippen molar-refractivity contribution < 1.29 is 35.1 Å². The molecule has 4 aromatic rings. The number of hydrogen-bond acceptors (Lipinski definition) is 8. The van der Waals surface area contributed by atoms with Crippen LogP contribution in [0.15, 0.2) is 97.1 Å². The number of nitrogens with zero attached hydrogens (tertiary/aromatic N) is 1. The highest BCUT2D eigenvalue weighted by atomic mass is 79.9. The minimum absolute atomic E-state index is 0.101. The predicted octanol–water partition coefficient (Wildman–Crippen LogP) is 6.86. The second-order valence-electron chi connectivity index (χ2n) is 15.6. The molecule has 308 valence electrons. The van der Waals surface area contributed by atoms with Crippen LogP contribution in [-0.4, -0.2) is 85.5 Å². The Morgan fingerprint density at radius 3 is 1.53 bits per heavy atom. The summed E-state index contributed by atoms with van der Waals surface area (Å²) in [5.41, 5.74) is 4.04. The molecule has 10 nitrogen and oxygen atoms in total. The van der Waals surface area contributed by atoms with Crippen LogP contribution >= 0.6 is 15.9 Å². The molecule has 2 aliphatic carbocycles. The van der Waals surface area contributed by atoms with Gasteiger partial charge in [-0.3, -0.25) is 14.3 Å². The molecule has 0 radical (unpaired) electrons. The van der Waals surface area contributed by atoms with Crippen molar-refractivity contribution in [2.45, 2.75) is 24.7 Å². The maximum Gasteiger partial charge on any atom is 0.229 e. The number of sulfonamides is 2. The van der Waals surface area contributed by atoms with Gasteiger partial charge in [0, 0.05) is 47.2 Å². The summed E-state index contributed by atoms with van der Waals surface area (Å²) in [6.45, 7) is 10.7. The smallest absolute Gasteiger partial charge is 0.229 e. The summed E-state index contributed by atoms with van der Waals surface area (Å²) in [6.07, 6.45) is 2.34. The highest BCUT2D eigenvalue weighted by Gasteiger charge is 2.65. The van der Waals surface area contributed by atoms with E-state index in [1.807, 2.05) is 24.3 Å². The van der Waals surface area contributed by atoms with Crippen LogP contribution in [0.3, 0.4) is 0 Å². The Balaban J connectivity index is 0.000000161. The molecule has 0 bridgehead atoms. The van der Waals surface area contributed by atoms with Crippen molar-refractivity contribution in [3.8, 4) is 11.5 Å². The van der Waals surface area contributed by atoms with Crippen LogP contribution in [0.5, 0.6) is 11.5 Å². The zero-order valence-corrected chi connectivity index (χ0v) is 35.8. The molecular weight excluding hydrogens is 839 g/mol. The first-order valence-corrected chi connectivity index (χ1v) is 23.8. The van der Waals surface area contributed by atoms with Gasteiger partial charge in [-0.15, -0.1) is 0 Å². The van der Waals surface area contributed by atoms with E-state index in [1.165, 1.54) is 47.9 Å². The van der Waals surface area contributed by atoms with Gasteiger partial charge in [0.2, 0.25) is 20.0 Å². The second kappa shape index (κ2) is 17.6. The van der Waals surface area contributed by atoms with Gasteiger partial charge in [-0.05, 0) is 121 Å². The molecule has 3 N–H and O–H groups in total. The average molecular weight is 890 g/mol. The van der Waals surface area contributed by atoms with Crippen molar-refractivity contribution in [2.75, 3.05) is 73.2 Å². The number of ether oxygens (including phenoxy) is 2. The summed E-state index contributed by atoms with van der Waals surface area (Å²) in [5, 5.41) is 4.17. The van der Waals surface area contributed by atoms with Crippen molar-refractivity contribution in [3.63, 3.8) is 0 Å². The van der Waals surface area contributed by atoms with E-state index in [4.69, 9.17) is 9.47 Å². The van der Waals surface area contributed by atoms with Crippen LogP contribution in [0, 0.1) is 35.3 Å². The van der Waals surface area contributed by atoms with Gasteiger partial charge < -0.3 is 14.8 Å². The zero-order valence-electron chi connectivity index (χ0n) is 32.6. The monoisotopic (exact) mass is 888 g/mol.